The first-order chi connectivity index (χ1) is 8.81. The fourth-order valence-corrected chi connectivity index (χ4v) is 2.54. The van der Waals surface area contributed by atoms with E-state index in [1.165, 1.54) is 36.9 Å². The summed E-state index contributed by atoms with van der Waals surface area (Å²) in [7, 11) is 0. The summed E-state index contributed by atoms with van der Waals surface area (Å²) in [5, 5.41) is 3.67. The summed E-state index contributed by atoms with van der Waals surface area (Å²) in [5.74, 6) is 0. The van der Waals surface area contributed by atoms with Crippen LogP contribution in [-0.2, 0) is 0 Å². The second-order valence-electron chi connectivity index (χ2n) is 5.03. The van der Waals surface area contributed by atoms with Gasteiger partial charge in [0.1, 0.15) is 0 Å². The summed E-state index contributed by atoms with van der Waals surface area (Å²) in [5.41, 5.74) is 4.25. The molecular weight excluding hydrogens is 218 g/mol. The largest absolute Gasteiger partial charge is 0.378 e. The number of benzene rings is 1. The summed E-state index contributed by atoms with van der Waals surface area (Å²) in [4.78, 5) is 0. The Bertz CT molecular complexity index is 428. The number of anilines is 1. The molecule has 0 spiro atoms. The average Bonchev–Trinajstić information content (AvgIpc) is 2.40. The Morgan fingerprint density at radius 1 is 1.22 bits per heavy atom. The normalized spacial score (nSPS) is 16.8. The quantitative estimate of drug-likeness (QED) is 0.770. The van der Waals surface area contributed by atoms with E-state index in [0.717, 1.165) is 0 Å². The molecule has 18 heavy (non-hydrogen) atoms. The van der Waals surface area contributed by atoms with Crippen LogP contribution in [0.2, 0.25) is 0 Å². The molecule has 1 aromatic carbocycles. The van der Waals surface area contributed by atoms with Crippen molar-refractivity contribution in [2.75, 3.05) is 5.32 Å². The average molecular weight is 241 g/mol. The highest BCUT2D eigenvalue weighted by Crippen LogP contribution is 2.25. The van der Waals surface area contributed by atoms with Gasteiger partial charge < -0.3 is 5.32 Å². The lowest BCUT2D eigenvalue weighted by Gasteiger charge is -2.25. The molecule has 1 unspecified atom stereocenters. The van der Waals surface area contributed by atoms with Crippen LogP contribution in [0, 0.1) is 0 Å². The van der Waals surface area contributed by atoms with Gasteiger partial charge in [-0.05, 0) is 43.9 Å². The van der Waals surface area contributed by atoms with Gasteiger partial charge in [0.05, 0.1) is 6.04 Å². The highest BCUT2D eigenvalue weighted by molar-refractivity contribution is 5.48. The van der Waals surface area contributed by atoms with Gasteiger partial charge in [-0.1, -0.05) is 49.3 Å². The van der Waals surface area contributed by atoms with Gasteiger partial charge in [-0.3, -0.25) is 0 Å². The first kappa shape index (κ1) is 12.9. The van der Waals surface area contributed by atoms with Crippen LogP contribution in [0.3, 0.4) is 0 Å². The predicted molar refractivity (Wildman–Crippen MR) is 79.8 cm³/mol. The third kappa shape index (κ3) is 3.25. The van der Waals surface area contributed by atoms with Crippen molar-refractivity contribution in [1.29, 1.82) is 0 Å². The summed E-state index contributed by atoms with van der Waals surface area (Å²) in [6.45, 7) is 4.52. The summed E-state index contributed by atoms with van der Waals surface area (Å²) in [6, 6.07) is 11.0. The van der Waals surface area contributed by atoms with Crippen LogP contribution in [0.5, 0.6) is 0 Å². The van der Waals surface area contributed by atoms with E-state index in [1.54, 1.807) is 5.57 Å². The summed E-state index contributed by atoms with van der Waals surface area (Å²) >= 11 is 0. The lowest BCUT2D eigenvalue weighted by atomic mass is 9.91. The molecule has 1 heteroatoms. The Hall–Kier alpha value is -1.50. The first-order valence-corrected chi connectivity index (χ1v) is 6.99. The van der Waals surface area contributed by atoms with Crippen LogP contribution in [-0.4, -0.2) is 6.04 Å². The van der Waals surface area contributed by atoms with E-state index in [1.807, 2.05) is 0 Å². The predicted octanol–water partition coefficient (Wildman–Crippen LogP) is 4.93. The lowest BCUT2D eigenvalue weighted by molar-refractivity contribution is 0.705. The molecule has 0 radical (unpaired) electrons. The molecular formula is C17H23N. The molecule has 0 saturated heterocycles. The standard InChI is InChI=1S/C17H23N/c1-3-9-17(16-13-8-7-10-14(16)2)18-15-11-5-4-6-12-15/h4-6,8,11-13,17-18H,3,7,9-10H2,1-2H3. The number of para-hydroxylation sites is 1. The molecule has 96 valence electrons. The summed E-state index contributed by atoms with van der Waals surface area (Å²) in [6.07, 6.45) is 9.41. The molecule has 0 fully saturated rings. The third-order valence-electron chi connectivity index (χ3n) is 3.54. The topological polar surface area (TPSA) is 12.0 Å². The van der Waals surface area contributed by atoms with E-state index in [9.17, 15) is 0 Å². The zero-order chi connectivity index (χ0) is 12.8. The number of nitrogens with one attached hydrogen (secondary N) is 1. The van der Waals surface area contributed by atoms with Gasteiger partial charge in [0, 0.05) is 5.69 Å². The van der Waals surface area contributed by atoms with E-state index in [4.69, 9.17) is 0 Å². The van der Waals surface area contributed by atoms with E-state index in [-0.39, 0.29) is 0 Å². The van der Waals surface area contributed by atoms with Crippen LogP contribution >= 0.6 is 0 Å². The van der Waals surface area contributed by atoms with E-state index in [0.29, 0.717) is 6.04 Å². The van der Waals surface area contributed by atoms with E-state index < -0.39 is 0 Å². The van der Waals surface area contributed by atoms with Crippen molar-refractivity contribution in [2.45, 2.75) is 45.6 Å². The van der Waals surface area contributed by atoms with Crippen LogP contribution < -0.4 is 5.32 Å². The minimum absolute atomic E-state index is 0.453. The molecule has 0 bridgehead atoms. The van der Waals surface area contributed by atoms with Crippen LogP contribution in [0.4, 0.5) is 5.69 Å². The van der Waals surface area contributed by atoms with Crippen LogP contribution in [0.25, 0.3) is 0 Å². The molecule has 1 aromatic rings. The second-order valence-corrected chi connectivity index (χ2v) is 5.03. The molecule has 0 amide bonds. The zero-order valence-corrected chi connectivity index (χ0v) is 11.4. The second kappa shape index (κ2) is 6.44. The van der Waals surface area contributed by atoms with Crippen LogP contribution in [0.15, 0.2) is 53.6 Å². The minimum atomic E-state index is 0.453. The zero-order valence-electron chi connectivity index (χ0n) is 11.4. The van der Waals surface area contributed by atoms with Gasteiger partial charge in [0.15, 0.2) is 0 Å². The third-order valence-corrected chi connectivity index (χ3v) is 3.54. The molecule has 1 aliphatic rings. The van der Waals surface area contributed by atoms with Crippen molar-refractivity contribution in [3.8, 4) is 0 Å². The Balaban J connectivity index is 2.16. The molecule has 2 rings (SSSR count). The Morgan fingerprint density at radius 3 is 2.67 bits per heavy atom. The summed E-state index contributed by atoms with van der Waals surface area (Å²) < 4.78 is 0. The maximum Gasteiger partial charge on any atom is 0.0513 e. The number of hydrogen-bond donors (Lipinski definition) is 1. The fraction of sp³-hybridized carbons (Fsp3) is 0.412. The Morgan fingerprint density at radius 2 is 2.00 bits per heavy atom. The number of hydrogen-bond acceptors (Lipinski definition) is 1. The highest BCUT2D eigenvalue weighted by atomic mass is 14.9. The highest BCUT2D eigenvalue weighted by Gasteiger charge is 2.15. The van der Waals surface area contributed by atoms with Crippen molar-refractivity contribution < 1.29 is 0 Å². The smallest absolute Gasteiger partial charge is 0.0513 e. The van der Waals surface area contributed by atoms with Crippen molar-refractivity contribution >= 4 is 5.69 Å². The molecule has 1 aliphatic carbocycles. The van der Waals surface area contributed by atoms with Gasteiger partial charge in [-0.15, -0.1) is 0 Å². The van der Waals surface area contributed by atoms with Gasteiger partial charge >= 0.3 is 0 Å². The van der Waals surface area contributed by atoms with Crippen LogP contribution in [0.1, 0.15) is 39.5 Å². The maximum atomic E-state index is 3.67. The molecule has 0 saturated carbocycles. The number of allylic oxidation sites excluding steroid dienone is 2. The van der Waals surface area contributed by atoms with E-state index in [2.05, 4.69) is 61.6 Å². The molecule has 0 aliphatic heterocycles. The van der Waals surface area contributed by atoms with E-state index >= 15 is 0 Å². The minimum Gasteiger partial charge on any atom is -0.378 e. The van der Waals surface area contributed by atoms with Crippen molar-refractivity contribution in [1.82, 2.24) is 0 Å². The number of rotatable bonds is 5. The van der Waals surface area contributed by atoms with Crippen molar-refractivity contribution in [3.63, 3.8) is 0 Å². The molecule has 1 atom stereocenters. The SMILES string of the molecule is CCCC(Nc1ccccc1)C1=C(C)CCC=C1. The molecule has 0 aromatic heterocycles. The van der Waals surface area contributed by atoms with Crippen molar-refractivity contribution in [3.05, 3.63) is 53.6 Å². The first-order valence-electron chi connectivity index (χ1n) is 6.99. The maximum absolute atomic E-state index is 3.67. The Labute approximate surface area is 111 Å². The lowest BCUT2D eigenvalue weighted by Crippen LogP contribution is -2.23. The van der Waals surface area contributed by atoms with Gasteiger partial charge in [-0.25, -0.2) is 0 Å². The molecule has 0 heterocycles. The van der Waals surface area contributed by atoms with Gasteiger partial charge in [0.25, 0.3) is 0 Å². The van der Waals surface area contributed by atoms with Gasteiger partial charge in [0.2, 0.25) is 0 Å². The monoisotopic (exact) mass is 241 g/mol. The van der Waals surface area contributed by atoms with Crippen molar-refractivity contribution in [2.24, 2.45) is 0 Å². The Kier molecular flexibility index (Phi) is 4.63. The molecule has 1 nitrogen and oxygen atoms in total. The fourth-order valence-electron chi connectivity index (χ4n) is 2.54. The molecule has 1 N–H and O–H groups in total. The van der Waals surface area contributed by atoms with Gasteiger partial charge in [-0.2, -0.15) is 0 Å².